The first-order valence-corrected chi connectivity index (χ1v) is 8.42. The second kappa shape index (κ2) is 8.40. The molecule has 1 aromatic carbocycles. The lowest BCUT2D eigenvalue weighted by atomic mass is 9.95. The number of nitrogens with one attached hydrogen (secondary N) is 1. The first-order chi connectivity index (χ1) is 9.78. The highest BCUT2D eigenvalue weighted by Crippen LogP contribution is 2.17. The van der Waals surface area contributed by atoms with Gasteiger partial charge in [0.1, 0.15) is 0 Å². The maximum atomic E-state index is 6.07. The van der Waals surface area contributed by atoms with Crippen LogP contribution in [0.25, 0.3) is 0 Å². The average Bonchev–Trinajstić information content (AvgIpc) is 2.92. The number of rotatable bonds is 8. The zero-order valence-corrected chi connectivity index (χ0v) is 13.4. The predicted octanol–water partition coefficient (Wildman–Crippen LogP) is 4.20. The van der Waals surface area contributed by atoms with E-state index in [9.17, 15) is 0 Å². The molecule has 2 rings (SSSR count). The normalized spacial score (nSPS) is 12.5. The Hall–Kier alpha value is -0.900. The fourth-order valence-electron chi connectivity index (χ4n) is 2.33. The molecule has 0 saturated heterocycles. The van der Waals surface area contributed by atoms with Gasteiger partial charge in [0.05, 0.1) is 11.2 Å². The number of aromatic nitrogens is 1. The van der Waals surface area contributed by atoms with Gasteiger partial charge in [-0.2, -0.15) is 0 Å². The van der Waals surface area contributed by atoms with Gasteiger partial charge in [0.2, 0.25) is 0 Å². The summed E-state index contributed by atoms with van der Waals surface area (Å²) in [5, 5.41) is 6.48. The standard InChI is InChI=1S/C16H21ClN2S/c1-2-6-18-10-14(9-16-11-20-12-19-16)7-13-4-3-5-15(17)8-13/h3-5,8,11-12,14,18H,2,6-7,9-10H2,1H3. The Morgan fingerprint density at radius 3 is 2.95 bits per heavy atom. The summed E-state index contributed by atoms with van der Waals surface area (Å²) in [5.41, 5.74) is 4.40. The second-order valence-corrected chi connectivity index (χ2v) is 6.24. The van der Waals surface area contributed by atoms with E-state index in [1.165, 1.54) is 17.7 Å². The van der Waals surface area contributed by atoms with Gasteiger partial charge in [-0.05, 0) is 56.0 Å². The molecule has 0 saturated carbocycles. The minimum Gasteiger partial charge on any atom is -0.316 e. The number of nitrogens with zero attached hydrogens (tertiary/aromatic N) is 1. The Morgan fingerprint density at radius 1 is 1.35 bits per heavy atom. The molecule has 1 N–H and O–H groups in total. The number of hydrogen-bond donors (Lipinski definition) is 1. The topological polar surface area (TPSA) is 24.9 Å². The average molecular weight is 309 g/mol. The largest absolute Gasteiger partial charge is 0.316 e. The molecule has 0 bridgehead atoms. The molecule has 1 atom stereocenters. The summed E-state index contributed by atoms with van der Waals surface area (Å²) in [6.45, 7) is 4.29. The summed E-state index contributed by atoms with van der Waals surface area (Å²) in [7, 11) is 0. The predicted molar refractivity (Wildman–Crippen MR) is 87.6 cm³/mol. The van der Waals surface area contributed by atoms with Crippen molar-refractivity contribution in [2.75, 3.05) is 13.1 Å². The lowest BCUT2D eigenvalue weighted by Gasteiger charge is -2.17. The molecule has 2 aromatic rings. The van der Waals surface area contributed by atoms with Crippen molar-refractivity contribution in [3.63, 3.8) is 0 Å². The summed E-state index contributed by atoms with van der Waals surface area (Å²) in [6.07, 6.45) is 3.22. The van der Waals surface area contributed by atoms with Crippen molar-refractivity contribution >= 4 is 22.9 Å². The fraction of sp³-hybridized carbons (Fsp3) is 0.438. The molecule has 4 heteroatoms. The van der Waals surface area contributed by atoms with E-state index in [1.54, 1.807) is 11.3 Å². The van der Waals surface area contributed by atoms with Gasteiger partial charge in [0.25, 0.3) is 0 Å². The van der Waals surface area contributed by atoms with Crippen LogP contribution < -0.4 is 5.32 Å². The minimum atomic E-state index is 0.558. The van der Waals surface area contributed by atoms with Gasteiger partial charge < -0.3 is 5.32 Å². The molecule has 0 spiro atoms. The van der Waals surface area contributed by atoms with Crippen molar-refractivity contribution < 1.29 is 0 Å². The van der Waals surface area contributed by atoms with Crippen LogP contribution in [0, 0.1) is 5.92 Å². The Morgan fingerprint density at radius 2 is 2.25 bits per heavy atom. The van der Waals surface area contributed by atoms with Gasteiger partial charge in [0.15, 0.2) is 0 Å². The smallest absolute Gasteiger partial charge is 0.0794 e. The van der Waals surface area contributed by atoms with Gasteiger partial charge in [-0.3, -0.25) is 0 Å². The van der Waals surface area contributed by atoms with Gasteiger partial charge in [0, 0.05) is 10.4 Å². The van der Waals surface area contributed by atoms with Gasteiger partial charge in [-0.1, -0.05) is 30.7 Å². The first kappa shape index (κ1) is 15.5. The van der Waals surface area contributed by atoms with E-state index in [-0.39, 0.29) is 0 Å². The van der Waals surface area contributed by atoms with Gasteiger partial charge >= 0.3 is 0 Å². The molecule has 20 heavy (non-hydrogen) atoms. The third-order valence-corrected chi connectivity index (χ3v) is 4.12. The van der Waals surface area contributed by atoms with Crippen LogP contribution in [-0.4, -0.2) is 18.1 Å². The van der Waals surface area contributed by atoms with Crippen molar-refractivity contribution in [1.29, 1.82) is 0 Å². The number of halogens is 1. The Kier molecular flexibility index (Phi) is 6.51. The highest BCUT2D eigenvalue weighted by Gasteiger charge is 2.12. The van der Waals surface area contributed by atoms with Crippen LogP contribution in [0.4, 0.5) is 0 Å². The Labute approximate surface area is 130 Å². The van der Waals surface area contributed by atoms with Crippen LogP contribution in [0.2, 0.25) is 5.02 Å². The summed E-state index contributed by atoms with van der Waals surface area (Å²) < 4.78 is 0. The second-order valence-electron chi connectivity index (χ2n) is 5.09. The monoisotopic (exact) mass is 308 g/mol. The summed E-state index contributed by atoms with van der Waals surface area (Å²) >= 11 is 7.74. The Balaban J connectivity index is 1.97. The molecule has 0 radical (unpaired) electrons. The molecule has 0 aliphatic rings. The molecule has 108 valence electrons. The van der Waals surface area contributed by atoms with E-state index in [1.807, 2.05) is 17.6 Å². The zero-order valence-electron chi connectivity index (χ0n) is 11.8. The summed E-state index contributed by atoms with van der Waals surface area (Å²) in [5.74, 6) is 0.558. The van der Waals surface area contributed by atoms with E-state index >= 15 is 0 Å². The Bertz CT molecular complexity index is 499. The number of hydrogen-bond acceptors (Lipinski definition) is 3. The molecular formula is C16H21ClN2S. The van der Waals surface area contributed by atoms with Gasteiger partial charge in [-0.15, -0.1) is 11.3 Å². The lowest BCUT2D eigenvalue weighted by Crippen LogP contribution is -2.26. The molecule has 0 amide bonds. The van der Waals surface area contributed by atoms with Crippen LogP contribution in [-0.2, 0) is 12.8 Å². The summed E-state index contributed by atoms with van der Waals surface area (Å²) in [4.78, 5) is 4.41. The molecule has 0 aliphatic heterocycles. The van der Waals surface area contributed by atoms with Crippen LogP contribution in [0.15, 0.2) is 35.2 Å². The third kappa shape index (κ3) is 5.23. The van der Waals surface area contributed by atoms with Crippen molar-refractivity contribution in [1.82, 2.24) is 10.3 Å². The number of benzene rings is 1. The third-order valence-electron chi connectivity index (χ3n) is 3.25. The maximum Gasteiger partial charge on any atom is 0.0794 e. The lowest BCUT2D eigenvalue weighted by molar-refractivity contribution is 0.467. The van der Waals surface area contributed by atoms with Crippen molar-refractivity contribution in [2.24, 2.45) is 5.92 Å². The SMILES string of the molecule is CCCNCC(Cc1cccc(Cl)c1)Cc1cscn1. The van der Waals surface area contributed by atoms with Crippen molar-refractivity contribution in [2.45, 2.75) is 26.2 Å². The summed E-state index contributed by atoms with van der Waals surface area (Å²) in [6, 6.07) is 8.17. The molecule has 0 fully saturated rings. The highest BCUT2D eigenvalue weighted by molar-refractivity contribution is 7.07. The van der Waals surface area contributed by atoms with Crippen LogP contribution >= 0.6 is 22.9 Å². The molecule has 1 heterocycles. The molecular weight excluding hydrogens is 288 g/mol. The molecule has 0 aliphatic carbocycles. The van der Waals surface area contributed by atoms with Gasteiger partial charge in [-0.25, -0.2) is 4.98 Å². The van der Waals surface area contributed by atoms with Crippen molar-refractivity contribution in [3.8, 4) is 0 Å². The number of thiazole rings is 1. The maximum absolute atomic E-state index is 6.07. The minimum absolute atomic E-state index is 0.558. The highest BCUT2D eigenvalue weighted by atomic mass is 35.5. The van der Waals surface area contributed by atoms with E-state index in [0.29, 0.717) is 5.92 Å². The van der Waals surface area contributed by atoms with Crippen molar-refractivity contribution in [3.05, 3.63) is 51.4 Å². The van der Waals surface area contributed by atoms with E-state index in [0.717, 1.165) is 31.0 Å². The van der Waals surface area contributed by atoms with E-state index < -0.39 is 0 Å². The van der Waals surface area contributed by atoms with Crippen LogP contribution in [0.1, 0.15) is 24.6 Å². The molecule has 1 aromatic heterocycles. The fourth-order valence-corrected chi connectivity index (χ4v) is 3.12. The zero-order chi connectivity index (χ0) is 14.2. The van der Waals surface area contributed by atoms with E-state index in [4.69, 9.17) is 11.6 Å². The van der Waals surface area contributed by atoms with Crippen LogP contribution in [0.5, 0.6) is 0 Å². The molecule has 1 unspecified atom stereocenters. The van der Waals surface area contributed by atoms with E-state index in [2.05, 4.69) is 34.7 Å². The molecule has 2 nitrogen and oxygen atoms in total. The first-order valence-electron chi connectivity index (χ1n) is 7.10. The van der Waals surface area contributed by atoms with Crippen LogP contribution in [0.3, 0.4) is 0 Å². The quantitative estimate of drug-likeness (QED) is 0.739.